The van der Waals surface area contributed by atoms with Crippen molar-refractivity contribution < 1.29 is 32.3 Å². The van der Waals surface area contributed by atoms with E-state index < -0.39 is 51.5 Å². The molecule has 3 nitrogen and oxygen atoms in total. The van der Waals surface area contributed by atoms with Gasteiger partial charge in [-0.05, 0) is 15.9 Å². The van der Waals surface area contributed by atoms with Crippen molar-refractivity contribution in [2.45, 2.75) is 6.42 Å². The number of ketones is 1. The highest BCUT2D eigenvalue weighted by atomic mass is 79.9. The van der Waals surface area contributed by atoms with E-state index in [1.807, 2.05) is 0 Å². The SMILES string of the molecule is O=C(O)CC(=O)c1c(F)c(F)c(F)c(F)c1Br. The van der Waals surface area contributed by atoms with Crippen LogP contribution in [0.2, 0.25) is 0 Å². The van der Waals surface area contributed by atoms with Gasteiger partial charge in [-0.1, -0.05) is 0 Å². The molecule has 0 spiro atoms. The lowest BCUT2D eigenvalue weighted by molar-refractivity contribution is -0.135. The Hall–Kier alpha value is -1.44. The Labute approximate surface area is 100 Å². The summed E-state index contributed by atoms with van der Waals surface area (Å²) in [4.78, 5) is 21.4. The van der Waals surface area contributed by atoms with Crippen molar-refractivity contribution in [2.24, 2.45) is 0 Å². The molecular weight excluding hydrogens is 312 g/mol. The van der Waals surface area contributed by atoms with Crippen LogP contribution in [0.4, 0.5) is 17.6 Å². The van der Waals surface area contributed by atoms with Gasteiger partial charge in [-0.2, -0.15) is 0 Å². The smallest absolute Gasteiger partial charge is 0.311 e. The molecule has 1 N–H and O–H groups in total. The van der Waals surface area contributed by atoms with Crippen LogP contribution in [-0.2, 0) is 4.79 Å². The van der Waals surface area contributed by atoms with Gasteiger partial charge < -0.3 is 5.11 Å². The second kappa shape index (κ2) is 4.82. The van der Waals surface area contributed by atoms with Crippen molar-refractivity contribution in [3.8, 4) is 0 Å². The summed E-state index contributed by atoms with van der Waals surface area (Å²) in [6.07, 6.45) is -1.17. The lowest BCUT2D eigenvalue weighted by Gasteiger charge is -2.07. The molecular formula is C9H3BrF4O3. The topological polar surface area (TPSA) is 54.4 Å². The van der Waals surface area contributed by atoms with Crippen molar-refractivity contribution in [1.29, 1.82) is 0 Å². The maximum absolute atomic E-state index is 13.2. The van der Waals surface area contributed by atoms with Crippen molar-refractivity contribution in [2.75, 3.05) is 0 Å². The van der Waals surface area contributed by atoms with Crippen LogP contribution in [0.3, 0.4) is 0 Å². The first-order chi connectivity index (χ1) is 7.77. The number of Topliss-reactive ketones (excluding diaryl/α,β-unsaturated/α-hetero) is 1. The lowest BCUT2D eigenvalue weighted by Crippen LogP contribution is -2.13. The number of aliphatic carboxylic acids is 1. The van der Waals surface area contributed by atoms with Crippen molar-refractivity contribution in [1.82, 2.24) is 0 Å². The molecule has 0 aliphatic carbocycles. The molecule has 17 heavy (non-hydrogen) atoms. The monoisotopic (exact) mass is 314 g/mol. The van der Waals surface area contributed by atoms with Gasteiger partial charge in [-0.15, -0.1) is 0 Å². The normalized spacial score (nSPS) is 10.4. The number of benzene rings is 1. The third kappa shape index (κ3) is 2.46. The fraction of sp³-hybridized carbons (Fsp3) is 0.111. The maximum Gasteiger partial charge on any atom is 0.311 e. The van der Waals surface area contributed by atoms with Gasteiger partial charge in [0.2, 0.25) is 0 Å². The zero-order valence-electron chi connectivity index (χ0n) is 7.86. The van der Waals surface area contributed by atoms with Gasteiger partial charge in [0.05, 0.1) is 10.0 Å². The Morgan fingerprint density at radius 3 is 1.94 bits per heavy atom. The van der Waals surface area contributed by atoms with Gasteiger partial charge in [-0.25, -0.2) is 17.6 Å². The van der Waals surface area contributed by atoms with Crippen molar-refractivity contribution >= 4 is 27.7 Å². The number of rotatable bonds is 3. The minimum Gasteiger partial charge on any atom is -0.481 e. The van der Waals surface area contributed by atoms with Crippen LogP contribution in [0, 0.1) is 23.3 Å². The third-order valence-corrected chi connectivity index (χ3v) is 2.55. The summed E-state index contributed by atoms with van der Waals surface area (Å²) in [5.74, 6) is -11.0. The highest BCUT2D eigenvalue weighted by Gasteiger charge is 2.28. The van der Waals surface area contributed by atoms with Crippen LogP contribution >= 0.6 is 15.9 Å². The van der Waals surface area contributed by atoms with E-state index in [-0.39, 0.29) is 0 Å². The van der Waals surface area contributed by atoms with Crippen LogP contribution in [0.25, 0.3) is 0 Å². The molecule has 1 aromatic carbocycles. The van der Waals surface area contributed by atoms with E-state index in [1.165, 1.54) is 0 Å². The first-order valence-electron chi connectivity index (χ1n) is 4.03. The predicted molar refractivity (Wildman–Crippen MR) is 50.6 cm³/mol. The molecule has 0 amide bonds. The highest BCUT2D eigenvalue weighted by molar-refractivity contribution is 9.10. The first kappa shape index (κ1) is 13.6. The summed E-state index contributed by atoms with van der Waals surface area (Å²) < 4.78 is 50.8. The predicted octanol–water partition coefficient (Wildman–Crippen LogP) is 2.66. The van der Waals surface area contributed by atoms with Crippen LogP contribution < -0.4 is 0 Å². The van der Waals surface area contributed by atoms with E-state index in [4.69, 9.17) is 5.11 Å². The molecule has 0 fully saturated rings. The summed E-state index contributed by atoms with van der Waals surface area (Å²) in [7, 11) is 0. The molecule has 0 saturated heterocycles. The second-order valence-corrected chi connectivity index (χ2v) is 3.73. The summed E-state index contributed by atoms with van der Waals surface area (Å²) in [5, 5.41) is 8.30. The van der Waals surface area contributed by atoms with E-state index in [0.29, 0.717) is 0 Å². The van der Waals surface area contributed by atoms with Gasteiger partial charge in [0.15, 0.2) is 29.1 Å². The van der Waals surface area contributed by atoms with E-state index in [0.717, 1.165) is 0 Å². The van der Waals surface area contributed by atoms with E-state index in [2.05, 4.69) is 15.9 Å². The van der Waals surface area contributed by atoms with Crippen LogP contribution in [0.15, 0.2) is 4.47 Å². The van der Waals surface area contributed by atoms with Gasteiger partial charge in [0.1, 0.15) is 6.42 Å². The first-order valence-corrected chi connectivity index (χ1v) is 4.83. The van der Waals surface area contributed by atoms with E-state index in [9.17, 15) is 27.2 Å². The summed E-state index contributed by atoms with van der Waals surface area (Å²) >= 11 is 2.37. The van der Waals surface area contributed by atoms with Crippen LogP contribution in [-0.4, -0.2) is 16.9 Å². The van der Waals surface area contributed by atoms with Gasteiger partial charge in [0, 0.05) is 0 Å². The number of carboxylic acids is 1. The average Bonchev–Trinajstić information content (AvgIpc) is 2.23. The molecule has 1 rings (SSSR count). The summed E-state index contributed by atoms with van der Waals surface area (Å²) in [6, 6.07) is 0. The number of halogens is 5. The lowest BCUT2D eigenvalue weighted by atomic mass is 10.1. The Kier molecular flexibility index (Phi) is 3.87. The standard InChI is InChI=1S/C9H3BrF4O3/c10-5-4(2(15)1-3(16)17)6(11)8(13)9(14)7(5)12/h1H2,(H,16,17). The fourth-order valence-electron chi connectivity index (χ4n) is 1.08. The molecule has 0 saturated carbocycles. The minimum atomic E-state index is -2.17. The molecule has 0 aliphatic heterocycles. The Morgan fingerprint density at radius 2 is 1.47 bits per heavy atom. The van der Waals surface area contributed by atoms with Gasteiger partial charge in [-0.3, -0.25) is 9.59 Å². The van der Waals surface area contributed by atoms with E-state index >= 15 is 0 Å². The molecule has 0 aliphatic rings. The quantitative estimate of drug-likeness (QED) is 0.307. The molecule has 0 aromatic heterocycles. The van der Waals surface area contributed by atoms with Gasteiger partial charge >= 0.3 is 5.97 Å². The summed E-state index contributed by atoms with van der Waals surface area (Å²) in [5.41, 5.74) is -1.16. The number of carbonyl (C=O) groups excluding carboxylic acids is 1. The Balaban J connectivity index is 3.44. The number of carbonyl (C=O) groups is 2. The van der Waals surface area contributed by atoms with Crippen molar-refractivity contribution in [3.05, 3.63) is 33.3 Å². The van der Waals surface area contributed by atoms with E-state index in [1.54, 1.807) is 0 Å². The third-order valence-electron chi connectivity index (χ3n) is 1.80. The van der Waals surface area contributed by atoms with Crippen LogP contribution in [0.5, 0.6) is 0 Å². The number of hydrogen-bond donors (Lipinski definition) is 1. The summed E-state index contributed by atoms with van der Waals surface area (Å²) in [6.45, 7) is 0. The molecule has 0 radical (unpaired) electrons. The zero-order valence-corrected chi connectivity index (χ0v) is 9.45. The molecule has 0 heterocycles. The van der Waals surface area contributed by atoms with Gasteiger partial charge in [0.25, 0.3) is 0 Å². The Bertz CT molecular complexity index is 486. The van der Waals surface area contributed by atoms with Crippen LogP contribution in [0.1, 0.15) is 16.8 Å². The molecule has 0 unspecified atom stereocenters. The fourth-order valence-corrected chi connectivity index (χ4v) is 1.64. The molecule has 0 bridgehead atoms. The molecule has 8 heteroatoms. The highest BCUT2D eigenvalue weighted by Crippen LogP contribution is 2.29. The Morgan fingerprint density at radius 1 is 1.00 bits per heavy atom. The second-order valence-electron chi connectivity index (χ2n) is 2.94. The molecule has 92 valence electrons. The minimum absolute atomic E-state index is 0.944. The maximum atomic E-state index is 13.2. The average molecular weight is 315 g/mol. The molecule has 0 atom stereocenters. The molecule has 1 aromatic rings. The number of hydrogen-bond acceptors (Lipinski definition) is 2. The van der Waals surface area contributed by atoms with Crippen molar-refractivity contribution in [3.63, 3.8) is 0 Å². The number of carboxylic acid groups (broad SMARTS) is 1. The zero-order chi connectivity index (χ0) is 13.3. The largest absolute Gasteiger partial charge is 0.481 e.